The summed E-state index contributed by atoms with van der Waals surface area (Å²) in [5.41, 5.74) is 6.45. The summed E-state index contributed by atoms with van der Waals surface area (Å²) in [6, 6.07) is 5.09. The van der Waals surface area contributed by atoms with Crippen molar-refractivity contribution in [1.82, 2.24) is 0 Å². The highest BCUT2D eigenvalue weighted by Gasteiger charge is 2.23. The summed E-state index contributed by atoms with van der Waals surface area (Å²) >= 11 is 0. The van der Waals surface area contributed by atoms with Crippen LogP contribution in [-0.2, 0) is 9.59 Å². The molecule has 0 spiro atoms. The van der Waals surface area contributed by atoms with Crippen molar-refractivity contribution in [1.29, 1.82) is 0 Å². The van der Waals surface area contributed by atoms with E-state index in [9.17, 15) is 9.59 Å². The Morgan fingerprint density at radius 3 is 3.06 bits per heavy atom. The summed E-state index contributed by atoms with van der Waals surface area (Å²) in [5, 5.41) is 5.41. The molecular formula is C12H15N3O3. The SMILES string of the molecule is CC1Oc2ccc(NC(=O)CCN)cc2NC1=O. The zero-order valence-corrected chi connectivity index (χ0v) is 10.0. The molecule has 1 heterocycles. The molecule has 1 aliphatic heterocycles. The second-order valence-corrected chi connectivity index (χ2v) is 4.05. The average Bonchev–Trinajstić information content (AvgIpc) is 2.31. The number of anilines is 2. The van der Waals surface area contributed by atoms with Crippen LogP contribution in [-0.4, -0.2) is 24.5 Å². The summed E-state index contributed by atoms with van der Waals surface area (Å²) in [7, 11) is 0. The van der Waals surface area contributed by atoms with Gasteiger partial charge in [0.25, 0.3) is 5.91 Å². The van der Waals surface area contributed by atoms with E-state index in [-0.39, 0.29) is 18.2 Å². The monoisotopic (exact) mass is 249 g/mol. The highest BCUT2D eigenvalue weighted by atomic mass is 16.5. The van der Waals surface area contributed by atoms with Crippen molar-refractivity contribution in [2.24, 2.45) is 5.73 Å². The fraction of sp³-hybridized carbons (Fsp3) is 0.333. The van der Waals surface area contributed by atoms with Gasteiger partial charge in [-0.1, -0.05) is 0 Å². The molecular weight excluding hydrogens is 234 g/mol. The van der Waals surface area contributed by atoms with Gasteiger partial charge in [0.2, 0.25) is 5.91 Å². The van der Waals surface area contributed by atoms with Crippen molar-refractivity contribution in [3.05, 3.63) is 18.2 Å². The maximum atomic E-state index is 11.5. The highest BCUT2D eigenvalue weighted by Crippen LogP contribution is 2.32. The van der Waals surface area contributed by atoms with Crippen molar-refractivity contribution >= 4 is 23.2 Å². The summed E-state index contributed by atoms with van der Waals surface area (Å²) in [4.78, 5) is 22.8. The molecule has 0 saturated heterocycles. The molecule has 0 saturated carbocycles. The van der Waals surface area contributed by atoms with E-state index in [4.69, 9.17) is 10.5 Å². The lowest BCUT2D eigenvalue weighted by atomic mass is 10.2. The Labute approximate surface area is 104 Å². The summed E-state index contributed by atoms with van der Waals surface area (Å²) in [6.45, 7) is 1.98. The quantitative estimate of drug-likeness (QED) is 0.734. The van der Waals surface area contributed by atoms with E-state index >= 15 is 0 Å². The molecule has 2 amide bonds. The zero-order valence-electron chi connectivity index (χ0n) is 10.0. The van der Waals surface area contributed by atoms with E-state index in [1.165, 1.54) is 0 Å². The van der Waals surface area contributed by atoms with Crippen LogP contribution in [0.3, 0.4) is 0 Å². The van der Waals surface area contributed by atoms with Gasteiger partial charge in [0.15, 0.2) is 6.10 Å². The molecule has 6 nitrogen and oxygen atoms in total. The minimum atomic E-state index is -0.504. The van der Waals surface area contributed by atoms with Crippen LogP contribution in [0.15, 0.2) is 18.2 Å². The molecule has 0 aliphatic carbocycles. The van der Waals surface area contributed by atoms with Crippen molar-refractivity contribution < 1.29 is 14.3 Å². The van der Waals surface area contributed by atoms with Crippen molar-refractivity contribution in [3.63, 3.8) is 0 Å². The first kappa shape index (κ1) is 12.4. The molecule has 1 aromatic rings. The molecule has 1 atom stereocenters. The average molecular weight is 249 g/mol. The number of carbonyl (C=O) groups is 2. The fourth-order valence-corrected chi connectivity index (χ4v) is 1.64. The molecule has 0 radical (unpaired) electrons. The van der Waals surface area contributed by atoms with Crippen LogP contribution in [0.2, 0.25) is 0 Å². The molecule has 1 aliphatic rings. The predicted octanol–water partition coefficient (Wildman–Crippen LogP) is 0.693. The predicted molar refractivity (Wildman–Crippen MR) is 67.5 cm³/mol. The van der Waals surface area contributed by atoms with Gasteiger partial charge >= 0.3 is 0 Å². The summed E-state index contributed by atoms with van der Waals surface area (Å²) in [6.07, 6.45) is -0.244. The number of hydrogen-bond acceptors (Lipinski definition) is 4. The zero-order chi connectivity index (χ0) is 13.1. The van der Waals surface area contributed by atoms with Gasteiger partial charge in [-0.2, -0.15) is 0 Å². The first-order valence-electron chi connectivity index (χ1n) is 5.71. The van der Waals surface area contributed by atoms with E-state index in [0.29, 0.717) is 23.7 Å². The van der Waals surface area contributed by atoms with E-state index in [0.717, 1.165) is 0 Å². The Balaban J connectivity index is 2.15. The van der Waals surface area contributed by atoms with Crippen LogP contribution in [0.4, 0.5) is 11.4 Å². The van der Waals surface area contributed by atoms with Crippen LogP contribution < -0.4 is 21.1 Å². The molecule has 2 rings (SSSR count). The normalized spacial score (nSPS) is 17.4. The standard InChI is InChI=1S/C12H15N3O3/c1-7-12(17)15-9-6-8(2-3-10(9)18-7)14-11(16)4-5-13/h2-3,6-7H,4-5,13H2,1H3,(H,14,16)(H,15,17). The Morgan fingerprint density at radius 1 is 1.56 bits per heavy atom. The third kappa shape index (κ3) is 2.60. The summed E-state index contributed by atoms with van der Waals surface area (Å²) in [5.74, 6) is 0.237. The number of nitrogens with one attached hydrogen (secondary N) is 2. The largest absolute Gasteiger partial charge is 0.479 e. The Morgan fingerprint density at radius 2 is 2.33 bits per heavy atom. The maximum absolute atomic E-state index is 11.5. The third-order valence-electron chi connectivity index (χ3n) is 2.57. The number of fused-ring (bicyclic) bond motifs is 1. The van der Waals surface area contributed by atoms with E-state index in [1.54, 1.807) is 25.1 Å². The lowest BCUT2D eigenvalue weighted by Crippen LogP contribution is -2.34. The number of benzene rings is 1. The van der Waals surface area contributed by atoms with Gasteiger partial charge < -0.3 is 21.1 Å². The van der Waals surface area contributed by atoms with Crippen LogP contribution in [0.25, 0.3) is 0 Å². The molecule has 4 N–H and O–H groups in total. The Hall–Kier alpha value is -2.08. The number of carbonyl (C=O) groups excluding carboxylic acids is 2. The van der Waals surface area contributed by atoms with Crippen LogP contribution >= 0.6 is 0 Å². The van der Waals surface area contributed by atoms with E-state index < -0.39 is 6.10 Å². The molecule has 96 valence electrons. The second-order valence-electron chi connectivity index (χ2n) is 4.05. The molecule has 0 aromatic heterocycles. The summed E-state index contributed by atoms with van der Waals surface area (Å²) < 4.78 is 5.41. The number of amides is 2. The van der Waals surface area contributed by atoms with Crippen molar-refractivity contribution in [3.8, 4) is 5.75 Å². The van der Waals surface area contributed by atoms with Crippen molar-refractivity contribution in [2.45, 2.75) is 19.4 Å². The fourth-order valence-electron chi connectivity index (χ4n) is 1.64. The molecule has 18 heavy (non-hydrogen) atoms. The molecule has 1 unspecified atom stereocenters. The smallest absolute Gasteiger partial charge is 0.265 e. The lowest BCUT2D eigenvalue weighted by molar-refractivity contribution is -0.122. The van der Waals surface area contributed by atoms with Crippen LogP contribution in [0, 0.1) is 0 Å². The first-order valence-corrected chi connectivity index (χ1v) is 5.71. The van der Waals surface area contributed by atoms with Crippen LogP contribution in [0.1, 0.15) is 13.3 Å². The molecule has 0 fully saturated rings. The van der Waals surface area contributed by atoms with Gasteiger partial charge in [0.05, 0.1) is 5.69 Å². The molecule has 0 bridgehead atoms. The molecule has 6 heteroatoms. The number of nitrogens with two attached hydrogens (primary N) is 1. The van der Waals surface area contributed by atoms with Gasteiger partial charge in [0.1, 0.15) is 5.75 Å². The topological polar surface area (TPSA) is 93.4 Å². The second kappa shape index (κ2) is 5.05. The third-order valence-corrected chi connectivity index (χ3v) is 2.57. The van der Waals surface area contributed by atoms with Gasteiger partial charge in [-0.3, -0.25) is 9.59 Å². The van der Waals surface area contributed by atoms with Gasteiger partial charge in [-0.05, 0) is 25.1 Å². The van der Waals surface area contributed by atoms with Gasteiger partial charge in [-0.15, -0.1) is 0 Å². The number of ether oxygens (including phenoxy) is 1. The lowest BCUT2D eigenvalue weighted by Gasteiger charge is -2.23. The highest BCUT2D eigenvalue weighted by molar-refractivity contribution is 5.99. The van der Waals surface area contributed by atoms with E-state index in [2.05, 4.69) is 10.6 Å². The Kier molecular flexibility index (Phi) is 3.47. The maximum Gasteiger partial charge on any atom is 0.265 e. The number of hydrogen-bond donors (Lipinski definition) is 3. The van der Waals surface area contributed by atoms with Gasteiger partial charge in [-0.25, -0.2) is 0 Å². The first-order chi connectivity index (χ1) is 8.60. The van der Waals surface area contributed by atoms with E-state index in [1.807, 2.05) is 0 Å². The van der Waals surface area contributed by atoms with Crippen LogP contribution in [0.5, 0.6) is 5.75 Å². The molecule has 1 aromatic carbocycles. The number of rotatable bonds is 3. The Bertz CT molecular complexity index is 487. The minimum absolute atomic E-state index is 0.158. The minimum Gasteiger partial charge on any atom is -0.479 e. The van der Waals surface area contributed by atoms with Gasteiger partial charge in [0, 0.05) is 18.7 Å². The van der Waals surface area contributed by atoms with Crippen molar-refractivity contribution in [2.75, 3.05) is 17.2 Å².